The van der Waals surface area contributed by atoms with Crippen molar-refractivity contribution in [3.8, 4) is 0 Å². The van der Waals surface area contributed by atoms with Gasteiger partial charge in [0.15, 0.2) is 6.10 Å². The Hall–Kier alpha value is -1.97. The van der Waals surface area contributed by atoms with Crippen molar-refractivity contribution >= 4 is 11.6 Å². The highest BCUT2D eigenvalue weighted by atomic mass is 19.4. The molecule has 2 N–H and O–H groups in total. The normalized spacial score (nSPS) is 13.2. The number of aliphatic hydroxyl groups is 1. The van der Waals surface area contributed by atoms with Crippen molar-refractivity contribution in [1.82, 2.24) is 9.97 Å². The molecule has 0 saturated heterocycles. The molecule has 1 aromatic heterocycles. The smallest absolute Gasteiger partial charge is 0.382 e. The van der Waals surface area contributed by atoms with Crippen LogP contribution in [0.1, 0.15) is 0 Å². The lowest BCUT2D eigenvalue weighted by Gasteiger charge is -2.14. The van der Waals surface area contributed by atoms with E-state index in [1.807, 2.05) is 0 Å². The summed E-state index contributed by atoms with van der Waals surface area (Å²) in [4.78, 5) is 16.3. The zero-order valence-corrected chi connectivity index (χ0v) is 8.18. The Balaban J connectivity index is 2.56. The molecule has 1 heterocycles. The molecular weight excluding hydrogens is 245 g/mol. The number of hydrogen-bond donors (Lipinski definition) is 2. The first-order chi connectivity index (χ1) is 7.80. The van der Waals surface area contributed by atoms with E-state index in [4.69, 9.17) is 5.11 Å². The van der Waals surface area contributed by atoms with Crippen LogP contribution in [0.15, 0.2) is 12.4 Å². The molecule has 94 valence electrons. The zero-order chi connectivity index (χ0) is 13.1. The highest BCUT2D eigenvalue weighted by molar-refractivity contribution is 5.30. The van der Waals surface area contributed by atoms with Gasteiger partial charge < -0.3 is 10.4 Å². The second kappa shape index (κ2) is 4.91. The summed E-state index contributed by atoms with van der Waals surface area (Å²) in [6.45, 7) is -0.832. The first-order valence-corrected chi connectivity index (χ1v) is 4.26. The van der Waals surface area contributed by atoms with Crippen LogP contribution in [0.5, 0.6) is 0 Å². The summed E-state index contributed by atoms with van der Waals surface area (Å²) in [6, 6.07) is 0. The van der Waals surface area contributed by atoms with Crippen molar-refractivity contribution in [3.05, 3.63) is 22.5 Å². The van der Waals surface area contributed by atoms with E-state index in [9.17, 15) is 23.3 Å². The van der Waals surface area contributed by atoms with Crippen molar-refractivity contribution in [2.75, 3.05) is 11.9 Å². The van der Waals surface area contributed by atoms with Gasteiger partial charge in [-0.25, -0.2) is 9.97 Å². The van der Waals surface area contributed by atoms with Gasteiger partial charge in [-0.2, -0.15) is 13.2 Å². The summed E-state index contributed by atoms with van der Waals surface area (Å²) in [5.41, 5.74) is -0.382. The van der Waals surface area contributed by atoms with Crippen molar-refractivity contribution < 1.29 is 23.2 Å². The number of nitro groups is 1. The summed E-state index contributed by atoms with van der Waals surface area (Å²) < 4.78 is 35.7. The fourth-order valence-corrected chi connectivity index (χ4v) is 0.810. The topological polar surface area (TPSA) is 101 Å². The number of rotatable bonds is 4. The number of nitrogens with one attached hydrogen (secondary N) is 1. The fourth-order valence-electron chi connectivity index (χ4n) is 0.810. The summed E-state index contributed by atoms with van der Waals surface area (Å²) in [6.07, 6.45) is -5.61. The predicted octanol–water partition coefficient (Wildman–Crippen LogP) is 0.720. The van der Waals surface area contributed by atoms with Gasteiger partial charge in [0.25, 0.3) is 0 Å². The molecule has 10 heteroatoms. The average molecular weight is 252 g/mol. The molecule has 17 heavy (non-hydrogen) atoms. The Bertz CT molecular complexity index is 394. The first kappa shape index (κ1) is 13.1. The maximum atomic E-state index is 11.9. The van der Waals surface area contributed by atoms with E-state index in [0.717, 1.165) is 12.4 Å². The van der Waals surface area contributed by atoms with Crippen LogP contribution in [-0.4, -0.2) is 38.8 Å². The number of aromatic nitrogens is 2. The zero-order valence-electron chi connectivity index (χ0n) is 8.18. The molecule has 0 radical (unpaired) electrons. The van der Waals surface area contributed by atoms with E-state index in [-0.39, 0.29) is 11.6 Å². The molecule has 0 aliphatic rings. The molecule has 0 amide bonds. The Morgan fingerprint density at radius 3 is 2.41 bits per heavy atom. The molecule has 1 rings (SSSR count). The number of aliphatic hydroxyl groups excluding tert-OH is 1. The molecule has 1 aromatic rings. The predicted molar refractivity (Wildman–Crippen MR) is 49.2 cm³/mol. The number of anilines is 1. The van der Waals surface area contributed by atoms with Crippen LogP contribution in [0.2, 0.25) is 0 Å². The van der Waals surface area contributed by atoms with Gasteiger partial charge in [0.2, 0.25) is 5.95 Å². The molecule has 0 aromatic carbocycles. The van der Waals surface area contributed by atoms with Crippen molar-refractivity contribution in [2.45, 2.75) is 12.3 Å². The van der Waals surface area contributed by atoms with E-state index in [1.54, 1.807) is 0 Å². The molecule has 1 atom stereocenters. The van der Waals surface area contributed by atoms with Crippen LogP contribution < -0.4 is 5.32 Å². The molecule has 0 fully saturated rings. The van der Waals surface area contributed by atoms with E-state index in [0.29, 0.717) is 0 Å². The lowest BCUT2D eigenvalue weighted by molar-refractivity contribution is -0.385. The molecule has 0 bridgehead atoms. The highest BCUT2D eigenvalue weighted by Gasteiger charge is 2.37. The molecule has 0 spiro atoms. The lowest BCUT2D eigenvalue weighted by atomic mass is 10.3. The number of halogens is 3. The first-order valence-electron chi connectivity index (χ1n) is 4.26. The second-order valence-electron chi connectivity index (χ2n) is 2.96. The fraction of sp³-hybridized carbons (Fsp3) is 0.429. The standard InChI is InChI=1S/C7H7F3N4O3/c8-7(9,10)5(15)3-13-6-11-1-4(2-12-6)14(16)17/h1-2,5,15H,3H2,(H,11,12,13). The maximum absolute atomic E-state index is 11.9. The van der Waals surface area contributed by atoms with E-state index < -0.39 is 23.7 Å². The van der Waals surface area contributed by atoms with Crippen LogP contribution in [0, 0.1) is 10.1 Å². The van der Waals surface area contributed by atoms with Gasteiger partial charge in [-0.1, -0.05) is 0 Å². The van der Waals surface area contributed by atoms with E-state index in [1.165, 1.54) is 0 Å². The van der Waals surface area contributed by atoms with Gasteiger partial charge in [0.1, 0.15) is 12.4 Å². The number of alkyl halides is 3. The van der Waals surface area contributed by atoms with E-state index in [2.05, 4.69) is 15.3 Å². The van der Waals surface area contributed by atoms with Crippen molar-refractivity contribution in [1.29, 1.82) is 0 Å². The van der Waals surface area contributed by atoms with Crippen molar-refractivity contribution in [2.24, 2.45) is 0 Å². The summed E-state index contributed by atoms with van der Waals surface area (Å²) in [5, 5.41) is 21.0. The quantitative estimate of drug-likeness (QED) is 0.604. The molecule has 0 aliphatic carbocycles. The van der Waals surface area contributed by atoms with E-state index >= 15 is 0 Å². The minimum Gasteiger partial charge on any atom is -0.382 e. The summed E-state index contributed by atoms with van der Waals surface area (Å²) in [5.74, 6) is -0.237. The molecule has 7 nitrogen and oxygen atoms in total. The van der Waals surface area contributed by atoms with Gasteiger partial charge in [0, 0.05) is 0 Å². The van der Waals surface area contributed by atoms with Crippen molar-refractivity contribution in [3.63, 3.8) is 0 Å². The molecule has 0 aliphatic heterocycles. The molecule has 0 saturated carbocycles. The van der Waals surface area contributed by atoms with Gasteiger partial charge in [-0.05, 0) is 0 Å². The lowest BCUT2D eigenvalue weighted by Crippen LogP contribution is -2.35. The molecular formula is C7H7F3N4O3. The third-order valence-electron chi connectivity index (χ3n) is 1.68. The minimum absolute atomic E-state index is 0.237. The van der Waals surface area contributed by atoms with Gasteiger partial charge in [0.05, 0.1) is 11.5 Å². The van der Waals surface area contributed by atoms with Crippen LogP contribution in [0.4, 0.5) is 24.8 Å². The average Bonchev–Trinajstić information content (AvgIpc) is 2.25. The number of hydrogen-bond acceptors (Lipinski definition) is 6. The van der Waals surface area contributed by atoms with Gasteiger partial charge in [-0.3, -0.25) is 10.1 Å². The monoisotopic (exact) mass is 252 g/mol. The Morgan fingerprint density at radius 2 is 2.00 bits per heavy atom. The second-order valence-corrected chi connectivity index (χ2v) is 2.96. The minimum atomic E-state index is -4.74. The summed E-state index contributed by atoms with van der Waals surface area (Å²) in [7, 11) is 0. The Kier molecular flexibility index (Phi) is 3.78. The summed E-state index contributed by atoms with van der Waals surface area (Å²) >= 11 is 0. The van der Waals surface area contributed by atoms with Crippen LogP contribution in [0.3, 0.4) is 0 Å². The third-order valence-corrected chi connectivity index (χ3v) is 1.68. The maximum Gasteiger partial charge on any atom is 0.416 e. The Labute approximate surface area is 92.5 Å². The highest BCUT2D eigenvalue weighted by Crippen LogP contribution is 2.20. The SMILES string of the molecule is O=[N+]([O-])c1cnc(NCC(O)C(F)(F)F)nc1. The third kappa shape index (κ3) is 3.83. The Morgan fingerprint density at radius 1 is 1.47 bits per heavy atom. The van der Waals surface area contributed by atoms with Crippen LogP contribution in [-0.2, 0) is 0 Å². The largest absolute Gasteiger partial charge is 0.416 e. The van der Waals surface area contributed by atoms with Crippen LogP contribution in [0.25, 0.3) is 0 Å². The number of nitrogens with zero attached hydrogens (tertiary/aromatic N) is 3. The molecule has 1 unspecified atom stereocenters. The van der Waals surface area contributed by atoms with Crippen LogP contribution >= 0.6 is 0 Å². The van der Waals surface area contributed by atoms with Gasteiger partial charge in [-0.15, -0.1) is 0 Å². The van der Waals surface area contributed by atoms with Gasteiger partial charge >= 0.3 is 11.9 Å².